The molecule has 0 unspecified atom stereocenters. The highest BCUT2D eigenvalue weighted by Gasteiger charge is 2.19. The molecule has 140 valence electrons. The second kappa shape index (κ2) is 8.40. The number of aromatic nitrogens is 2. The number of nitrogens with zero attached hydrogens (tertiary/aromatic N) is 3. The van der Waals surface area contributed by atoms with Gasteiger partial charge in [0.15, 0.2) is 0 Å². The summed E-state index contributed by atoms with van der Waals surface area (Å²) in [4.78, 5) is 11.9. The van der Waals surface area contributed by atoms with Gasteiger partial charge in [0.05, 0.1) is 0 Å². The van der Waals surface area contributed by atoms with Crippen molar-refractivity contribution in [1.29, 1.82) is 0 Å². The molecule has 0 fully saturated rings. The maximum absolute atomic E-state index is 4.82. The van der Waals surface area contributed by atoms with Gasteiger partial charge in [0.2, 0.25) is 5.95 Å². The van der Waals surface area contributed by atoms with Gasteiger partial charge in [0.1, 0.15) is 5.82 Å². The fraction of sp³-hybridized carbons (Fsp3) is 0.273. The summed E-state index contributed by atoms with van der Waals surface area (Å²) < 4.78 is 0. The molecule has 4 rings (SSSR count). The molecular formula is C22H25ClN4. The molecule has 3 aromatic rings. The summed E-state index contributed by atoms with van der Waals surface area (Å²) in [5, 5.41) is 3.47. The minimum atomic E-state index is 0. The van der Waals surface area contributed by atoms with Crippen molar-refractivity contribution in [3.8, 4) is 0 Å². The topological polar surface area (TPSA) is 41.1 Å². The highest BCUT2D eigenvalue weighted by molar-refractivity contribution is 5.85. The van der Waals surface area contributed by atoms with Gasteiger partial charge >= 0.3 is 0 Å². The summed E-state index contributed by atoms with van der Waals surface area (Å²) in [6.07, 6.45) is 1.93. The molecule has 1 N–H and O–H groups in total. The third-order valence-corrected chi connectivity index (χ3v) is 4.95. The van der Waals surface area contributed by atoms with Crippen LogP contribution in [0.1, 0.15) is 29.3 Å². The van der Waals surface area contributed by atoms with Crippen LogP contribution in [0.3, 0.4) is 0 Å². The number of hydrogen-bond acceptors (Lipinski definition) is 4. The van der Waals surface area contributed by atoms with Crippen molar-refractivity contribution in [2.24, 2.45) is 0 Å². The van der Waals surface area contributed by atoms with Crippen molar-refractivity contribution in [3.63, 3.8) is 0 Å². The molecule has 0 saturated carbocycles. The monoisotopic (exact) mass is 380 g/mol. The molecule has 4 nitrogen and oxygen atoms in total. The van der Waals surface area contributed by atoms with E-state index in [0.717, 1.165) is 49.1 Å². The van der Waals surface area contributed by atoms with E-state index in [1.807, 2.05) is 12.1 Å². The van der Waals surface area contributed by atoms with Crippen LogP contribution < -0.4 is 10.2 Å². The number of para-hydroxylation sites is 1. The van der Waals surface area contributed by atoms with Crippen LogP contribution in [0.5, 0.6) is 0 Å². The van der Waals surface area contributed by atoms with E-state index in [9.17, 15) is 0 Å². The Bertz CT molecular complexity index is 926. The van der Waals surface area contributed by atoms with Gasteiger partial charge in [-0.2, -0.15) is 4.98 Å². The van der Waals surface area contributed by atoms with Crippen LogP contribution in [0.2, 0.25) is 0 Å². The third kappa shape index (κ3) is 4.22. The minimum Gasteiger partial charge on any atom is -0.340 e. The molecule has 1 aromatic heterocycles. The molecule has 2 aromatic carbocycles. The number of anilines is 3. The molecule has 2 heterocycles. The Balaban J connectivity index is 0.00000210. The van der Waals surface area contributed by atoms with Gasteiger partial charge in [-0.25, -0.2) is 4.98 Å². The van der Waals surface area contributed by atoms with Crippen molar-refractivity contribution in [3.05, 3.63) is 77.0 Å². The van der Waals surface area contributed by atoms with E-state index in [1.165, 1.54) is 16.7 Å². The van der Waals surface area contributed by atoms with Crippen LogP contribution in [-0.4, -0.2) is 16.5 Å². The molecule has 27 heavy (non-hydrogen) atoms. The number of nitrogens with one attached hydrogen (secondary N) is 1. The smallest absolute Gasteiger partial charge is 0.227 e. The van der Waals surface area contributed by atoms with Crippen LogP contribution >= 0.6 is 12.4 Å². The van der Waals surface area contributed by atoms with E-state index in [1.54, 1.807) is 0 Å². The number of benzene rings is 2. The fourth-order valence-corrected chi connectivity index (χ4v) is 3.39. The van der Waals surface area contributed by atoms with Gasteiger partial charge in [-0.05, 0) is 42.5 Å². The van der Waals surface area contributed by atoms with Crippen LogP contribution in [0.4, 0.5) is 17.5 Å². The SMILES string of the molecule is CCc1cc(Nc2ccccc2C)nc(N2CCc3ccccc3C2)n1.Cl. The van der Waals surface area contributed by atoms with E-state index in [2.05, 4.69) is 66.5 Å². The van der Waals surface area contributed by atoms with Gasteiger partial charge in [0.25, 0.3) is 0 Å². The molecular weight excluding hydrogens is 356 g/mol. The predicted molar refractivity (Wildman–Crippen MR) is 114 cm³/mol. The van der Waals surface area contributed by atoms with E-state index in [4.69, 9.17) is 9.97 Å². The van der Waals surface area contributed by atoms with Crippen molar-refractivity contribution in [1.82, 2.24) is 9.97 Å². The second-order valence-corrected chi connectivity index (χ2v) is 6.78. The summed E-state index contributed by atoms with van der Waals surface area (Å²) in [5.41, 5.74) is 6.16. The lowest BCUT2D eigenvalue weighted by atomic mass is 10.0. The van der Waals surface area contributed by atoms with Crippen LogP contribution in [0.15, 0.2) is 54.6 Å². The zero-order chi connectivity index (χ0) is 17.9. The first kappa shape index (κ1) is 19.2. The Labute approximate surface area is 167 Å². The summed E-state index contributed by atoms with van der Waals surface area (Å²) in [7, 11) is 0. The lowest BCUT2D eigenvalue weighted by Crippen LogP contribution is -2.32. The first-order valence-corrected chi connectivity index (χ1v) is 9.25. The lowest BCUT2D eigenvalue weighted by Gasteiger charge is -2.29. The molecule has 0 radical (unpaired) electrons. The third-order valence-electron chi connectivity index (χ3n) is 4.95. The van der Waals surface area contributed by atoms with E-state index in [0.29, 0.717) is 0 Å². The highest BCUT2D eigenvalue weighted by atomic mass is 35.5. The van der Waals surface area contributed by atoms with Crippen molar-refractivity contribution in [2.45, 2.75) is 33.2 Å². The lowest BCUT2D eigenvalue weighted by molar-refractivity contribution is 0.705. The van der Waals surface area contributed by atoms with Crippen LogP contribution in [0, 0.1) is 6.92 Å². The summed E-state index contributed by atoms with van der Waals surface area (Å²) in [6, 6.07) is 19.0. The fourth-order valence-electron chi connectivity index (χ4n) is 3.39. The molecule has 5 heteroatoms. The number of hydrogen-bond donors (Lipinski definition) is 1. The van der Waals surface area contributed by atoms with Crippen LogP contribution in [-0.2, 0) is 19.4 Å². The Morgan fingerprint density at radius 1 is 1.00 bits per heavy atom. The molecule has 0 aliphatic carbocycles. The molecule has 0 spiro atoms. The van der Waals surface area contributed by atoms with Gasteiger partial charge in [-0.3, -0.25) is 0 Å². The number of halogens is 1. The minimum absolute atomic E-state index is 0. The van der Waals surface area contributed by atoms with Gasteiger partial charge in [-0.1, -0.05) is 49.4 Å². The zero-order valence-electron chi connectivity index (χ0n) is 15.8. The first-order valence-electron chi connectivity index (χ1n) is 9.25. The van der Waals surface area contributed by atoms with Gasteiger partial charge < -0.3 is 10.2 Å². The summed E-state index contributed by atoms with van der Waals surface area (Å²) >= 11 is 0. The van der Waals surface area contributed by atoms with Crippen molar-refractivity contribution < 1.29 is 0 Å². The average Bonchev–Trinajstić information content (AvgIpc) is 2.69. The molecule has 0 amide bonds. The Morgan fingerprint density at radius 2 is 1.74 bits per heavy atom. The Morgan fingerprint density at radius 3 is 2.52 bits per heavy atom. The summed E-state index contributed by atoms with van der Waals surface area (Å²) in [6.45, 7) is 6.06. The van der Waals surface area contributed by atoms with Gasteiger partial charge in [0, 0.05) is 30.5 Å². The van der Waals surface area contributed by atoms with E-state index >= 15 is 0 Å². The largest absolute Gasteiger partial charge is 0.340 e. The molecule has 0 saturated heterocycles. The van der Waals surface area contributed by atoms with E-state index in [-0.39, 0.29) is 12.4 Å². The van der Waals surface area contributed by atoms with Gasteiger partial charge in [-0.15, -0.1) is 12.4 Å². The molecule has 0 atom stereocenters. The highest BCUT2D eigenvalue weighted by Crippen LogP contribution is 2.25. The standard InChI is InChI=1S/C22H24N4.ClH/c1-3-19-14-21(24-20-11-7-4-8-16(20)2)25-22(23-19)26-13-12-17-9-5-6-10-18(17)15-26;/h4-11,14H,3,12-13,15H2,1-2H3,(H,23,24,25);1H. The Kier molecular flexibility index (Phi) is 5.97. The number of aryl methyl sites for hydroxylation is 2. The number of fused-ring (bicyclic) bond motifs is 1. The Hall–Kier alpha value is -2.59. The quantitative estimate of drug-likeness (QED) is 0.685. The zero-order valence-corrected chi connectivity index (χ0v) is 16.6. The summed E-state index contributed by atoms with van der Waals surface area (Å²) in [5.74, 6) is 1.68. The second-order valence-electron chi connectivity index (χ2n) is 6.78. The van der Waals surface area contributed by atoms with E-state index < -0.39 is 0 Å². The maximum Gasteiger partial charge on any atom is 0.227 e. The van der Waals surface area contributed by atoms with Crippen LogP contribution in [0.25, 0.3) is 0 Å². The molecule has 0 bridgehead atoms. The molecule has 1 aliphatic heterocycles. The number of rotatable bonds is 4. The average molecular weight is 381 g/mol. The molecule has 1 aliphatic rings. The van der Waals surface area contributed by atoms with Crippen molar-refractivity contribution in [2.75, 3.05) is 16.8 Å². The first-order chi connectivity index (χ1) is 12.7. The predicted octanol–water partition coefficient (Wildman–Crippen LogP) is 5.08. The van der Waals surface area contributed by atoms with Crippen molar-refractivity contribution >= 4 is 29.9 Å². The normalized spacial score (nSPS) is 12.9. The maximum atomic E-state index is 4.82.